The van der Waals surface area contributed by atoms with E-state index >= 15 is 0 Å². The van der Waals surface area contributed by atoms with Crippen LogP contribution in [-0.4, -0.2) is 21.6 Å². The van der Waals surface area contributed by atoms with Gasteiger partial charge in [0.1, 0.15) is 11.3 Å². The summed E-state index contributed by atoms with van der Waals surface area (Å²) in [6, 6.07) is 164. The van der Waals surface area contributed by atoms with E-state index in [1.807, 2.05) is 42.5 Å². The molecule has 18 rings (SSSR count). The molecule has 0 saturated carbocycles. The number of aryl methyl sites for hydroxylation is 2. The van der Waals surface area contributed by atoms with Gasteiger partial charge in [0.2, 0.25) is 0 Å². The predicted octanol–water partition coefficient (Wildman–Crippen LogP) is 29.6. The molecule has 0 aliphatic carbocycles. The zero-order chi connectivity index (χ0) is 78.9. The van der Waals surface area contributed by atoms with Gasteiger partial charge in [-0.15, -0.1) is 0 Å². The molecular formula is C111H87AlN3O. The number of aromatic nitrogens is 1. The molecule has 0 saturated heterocycles. The molecule has 555 valence electrons. The first-order valence-corrected chi connectivity index (χ1v) is 39.9. The van der Waals surface area contributed by atoms with Crippen LogP contribution in [0.4, 0.5) is 34.1 Å². The Morgan fingerprint density at radius 3 is 0.802 bits per heavy atom. The molecule has 0 unspecified atom stereocenters. The van der Waals surface area contributed by atoms with Gasteiger partial charge < -0.3 is 13.6 Å². The van der Waals surface area contributed by atoms with E-state index in [-0.39, 0.29) is 0 Å². The third-order valence-corrected chi connectivity index (χ3v) is 20.6. The van der Waals surface area contributed by atoms with Gasteiger partial charge in [-0.25, -0.2) is 0 Å². The predicted molar refractivity (Wildman–Crippen MR) is 495 cm³/mol. The Bertz CT molecular complexity index is 5720. The van der Waals surface area contributed by atoms with Crippen LogP contribution in [0, 0.1) is 13.8 Å². The maximum absolute atomic E-state index is 5.19. The lowest BCUT2D eigenvalue weighted by Crippen LogP contribution is -2.10. The van der Waals surface area contributed by atoms with E-state index in [2.05, 4.69) is 465 Å². The van der Waals surface area contributed by atoms with Gasteiger partial charge in [-0.2, -0.15) is 0 Å². The Morgan fingerprint density at radius 1 is 0.241 bits per heavy atom. The highest BCUT2D eigenvalue weighted by Gasteiger charge is 2.17. The number of rotatable bonds is 18. The van der Waals surface area contributed by atoms with E-state index in [1.54, 1.807) is 6.20 Å². The number of benzene rings is 17. The van der Waals surface area contributed by atoms with E-state index in [0.29, 0.717) is 0 Å². The molecule has 0 aliphatic heterocycles. The average Bonchev–Trinajstić information content (AvgIpc) is 0.840. The van der Waals surface area contributed by atoms with Crippen LogP contribution in [0.5, 0.6) is 5.75 Å². The summed E-state index contributed by atoms with van der Waals surface area (Å²) in [5.74, 6) is 0.839. The van der Waals surface area contributed by atoms with Gasteiger partial charge in [0.15, 0.2) is 0 Å². The highest BCUT2D eigenvalue weighted by atomic mass is 27.1. The molecule has 4 nitrogen and oxygen atoms in total. The molecule has 0 N–H and O–H groups in total. The number of nitrogens with zero attached hydrogens (tertiary/aromatic N) is 3. The first-order valence-electron chi connectivity index (χ1n) is 39.3. The normalized spacial score (nSPS) is 10.5. The van der Waals surface area contributed by atoms with Crippen molar-refractivity contribution in [1.29, 1.82) is 0 Å². The average molecular weight is 1510 g/mol. The number of hydrogen-bond donors (Lipinski definition) is 0. The van der Waals surface area contributed by atoms with Crippen LogP contribution in [0.2, 0.25) is 0 Å². The summed E-state index contributed by atoms with van der Waals surface area (Å²) in [5, 5.41) is 1.11. The third kappa shape index (κ3) is 19.9. The third-order valence-electron chi connectivity index (χ3n) is 20.3. The molecule has 17 aromatic carbocycles. The summed E-state index contributed by atoms with van der Waals surface area (Å²) in [7, 11) is 0. The minimum atomic E-state index is 0.839. The number of hydrogen-bond acceptors (Lipinski definition) is 4. The Hall–Kier alpha value is -14.4. The maximum atomic E-state index is 5.19. The van der Waals surface area contributed by atoms with Gasteiger partial charge in [-0.05, 0) is 222 Å². The minimum Gasteiger partial charge on any atom is -0.649 e. The summed E-state index contributed by atoms with van der Waals surface area (Å²) in [6.45, 7) is 4.27. The van der Waals surface area contributed by atoms with E-state index in [0.717, 1.165) is 50.8 Å². The molecule has 0 atom stereocenters. The van der Waals surface area contributed by atoms with Gasteiger partial charge in [0.05, 0.1) is 0 Å². The van der Waals surface area contributed by atoms with Gasteiger partial charge in [0.25, 0.3) is 0 Å². The van der Waals surface area contributed by atoms with E-state index in [1.165, 1.54) is 128 Å². The van der Waals surface area contributed by atoms with Gasteiger partial charge in [-0.3, -0.25) is 4.98 Å². The first-order chi connectivity index (χ1) is 57.3. The number of pyridine rings is 1. The SMILES string of the molecule is C(=C(c1ccccc1)c1ccccc1)c1ccc(-c2ccc(C=C(c3ccccc3)c3ccccc3)cc2)cc1.Cc1cccc(N(c2ccccc2)c2ccc(-c3ccc(N(c4ccccc4)c4cccc(C)c4)cc3)cc2)c1.[AlH][O]c1cccc2cccnc12.c1ccc(-c2ccc(-c3ccc(-c4ccccc4)cc3)cc2)cc1. The standard InChI is InChI=1S/C40H30.C38H32N2.C24H18.C9H7NO.Al.H/c1-5-13-35(14-6-1)39(36-15-7-2-8-16-36)29-31-21-25-33(26-22-31)34-27-23-32(24-28-34)30-40(37-17-9-3-10-18-37)38-19-11-4-12-20-38;1-29-11-9-17-37(27-29)39(33-13-5-3-6-14-33)35-23-19-31(20-24-35)32-21-25-36(26-22-32)40(34-15-7-4-8-16-34)38-18-10-12-30(2)28-38;1-3-7-19(8-4-1)21-11-15-23(16-12-21)24-17-13-22(14-18-24)20-9-5-2-6-10-20;11-8-5-1-3-7-4-2-6-10-9(7)8;;/h1-30H;3-28H,1-2H3;1-18H;1-6,11H;;/q;;;;+1;/p-1. The van der Waals surface area contributed by atoms with Crippen molar-refractivity contribution in [1.82, 2.24) is 4.98 Å². The lowest BCUT2D eigenvalue weighted by molar-refractivity contribution is 0.622. The van der Waals surface area contributed by atoms with Gasteiger partial charge in [-0.1, -0.05) is 382 Å². The zero-order valence-electron chi connectivity index (χ0n) is 65.1. The molecule has 1 radical (unpaired) electrons. The van der Waals surface area contributed by atoms with Crippen LogP contribution in [0.15, 0.2) is 473 Å². The quantitative estimate of drug-likeness (QED) is 0.0632. The molecule has 0 amide bonds. The van der Waals surface area contributed by atoms with Crippen LogP contribution in [0.3, 0.4) is 0 Å². The monoisotopic (exact) mass is 1500 g/mol. The molecule has 1 aromatic heterocycles. The smallest absolute Gasteiger partial charge is 0.494 e. The van der Waals surface area contributed by atoms with E-state index < -0.39 is 0 Å². The Kier molecular flexibility index (Phi) is 25.6. The Labute approximate surface area is 691 Å². The van der Waals surface area contributed by atoms with Gasteiger partial charge in [0, 0.05) is 45.7 Å². The molecule has 1 heterocycles. The van der Waals surface area contributed by atoms with Crippen molar-refractivity contribution in [2.24, 2.45) is 0 Å². The van der Waals surface area contributed by atoms with Crippen LogP contribution in [0.25, 0.3) is 89.8 Å². The topological polar surface area (TPSA) is 28.6 Å². The van der Waals surface area contributed by atoms with Crippen molar-refractivity contribution < 1.29 is 3.79 Å². The largest absolute Gasteiger partial charge is 0.649 e. The number of para-hydroxylation sites is 3. The molecule has 0 aliphatic rings. The molecule has 18 aromatic rings. The summed E-state index contributed by atoms with van der Waals surface area (Å²) >= 11 is 1.47. The molecule has 5 heteroatoms. The highest BCUT2D eigenvalue weighted by molar-refractivity contribution is 6.02. The fourth-order valence-corrected chi connectivity index (χ4v) is 14.6. The summed E-state index contributed by atoms with van der Waals surface area (Å²) in [4.78, 5) is 8.84. The zero-order valence-corrected chi connectivity index (χ0v) is 66.6. The lowest BCUT2D eigenvalue weighted by Gasteiger charge is -2.26. The second-order valence-corrected chi connectivity index (χ2v) is 28.6. The van der Waals surface area contributed by atoms with Crippen LogP contribution < -0.4 is 13.6 Å². The molecule has 116 heavy (non-hydrogen) atoms. The van der Waals surface area contributed by atoms with Crippen molar-refractivity contribution in [3.8, 4) is 61.4 Å². The summed E-state index contributed by atoms with van der Waals surface area (Å²) in [5.41, 5.74) is 32.2. The van der Waals surface area contributed by atoms with Crippen LogP contribution in [0.1, 0.15) is 44.5 Å². The number of anilines is 6. The summed E-state index contributed by atoms with van der Waals surface area (Å²) in [6.07, 6.45) is 6.32. The van der Waals surface area contributed by atoms with E-state index in [9.17, 15) is 0 Å². The fourth-order valence-electron chi connectivity index (χ4n) is 14.4. The second kappa shape index (κ2) is 38.7. The maximum Gasteiger partial charge on any atom is 0.494 e. The van der Waals surface area contributed by atoms with Crippen LogP contribution >= 0.6 is 0 Å². The summed E-state index contributed by atoms with van der Waals surface area (Å²) < 4.78 is 5.19. The Morgan fingerprint density at radius 2 is 0.491 bits per heavy atom. The first kappa shape index (κ1) is 76.9. The number of fused-ring (bicyclic) bond motifs is 1. The Balaban J connectivity index is 0.000000130. The highest BCUT2D eigenvalue weighted by Crippen LogP contribution is 2.40. The van der Waals surface area contributed by atoms with Crippen LogP contribution in [-0.2, 0) is 0 Å². The van der Waals surface area contributed by atoms with Gasteiger partial charge >= 0.3 is 16.6 Å². The second-order valence-electron chi connectivity index (χ2n) is 28.3. The van der Waals surface area contributed by atoms with Crippen molar-refractivity contribution >= 4 is 84.9 Å². The fraction of sp³-hybridized carbons (Fsp3) is 0.0180. The van der Waals surface area contributed by atoms with Crippen molar-refractivity contribution in [3.63, 3.8) is 0 Å². The van der Waals surface area contributed by atoms with Crippen molar-refractivity contribution in [3.05, 3.63) is 518 Å². The molecule has 0 fully saturated rings. The molecular weight excluding hydrogens is 1420 g/mol. The molecule has 0 spiro atoms. The van der Waals surface area contributed by atoms with Crippen molar-refractivity contribution in [2.45, 2.75) is 13.8 Å². The lowest BCUT2D eigenvalue weighted by atomic mass is 9.94. The minimum absolute atomic E-state index is 0.839. The molecule has 0 bridgehead atoms. The van der Waals surface area contributed by atoms with E-state index in [4.69, 9.17) is 3.79 Å². The van der Waals surface area contributed by atoms with Crippen molar-refractivity contribution in [2.75, 3.05) is 9.80 Å².